The molecule has 1 fully saturated rings. The Morgan fingerprint density at radius 2 is 1.97 bits per heavy atom. The molecule has 2 aliphatic heterocycles. The molecule has 0 amide bonds. The zero-order valence-electron chi connectivity index (χ0n) is 18.0. The van der Waals surface area contributed by atoms with Crippen LogP contribution in [0.4, 0.5) is 5.69 Å². The van der Waals surface area contributed by atoms with Gasteiger partial charge in [0, 0.05) is 28.5 Å². The van der Waals surface area contributed by atoms with Crippen molar-refractivity contribution in [1.82, 2.24) is 10.2 Å². The summed E-state index contributed by atoms with van der Waals surface area (Å²) in [6, 6.07) is 15.2. The standard InChI is InChI=1S/C25H33ClN4/c1-3-30-13-10-18(11-14-30)19-7-8-22-23(15-19)24(9-12-28-25(22)17(2)27)29-21-6-4-5-20(26)16-21/h4-8,15-16,18,24,28-29H,3,9-14,27H2,1-2H3/b25-17-. The first kappa shape index (κ1) is 21.1. The van der Waals surface area contributed by atoms with Crippen LogP contribution in [0.25, 0.3) is 5.70 Å². The molecule has 4 N–H and O–H groups in total. The minimum absolute atomic E-state index is 0.207. The van der Waals surface area contributed by atoms with Crippen LogP contribution in [0.5, 0.6) is 0 Å². The van der Waals surface area contributed by atoms with Gasteiger partial charge < -0.3 is 21.3 Å². The molecule has 1 saturated heterocycles. The van der Waals surface area contributed by atoms with Gasteiger partial charge in [-0.2, -0.15) is 0 Å². The second kappa shape index (κ2) is 9.32. The molecule has 5 heteroatoms. The van der Waals surface area contributed by atoms with Crippen molar-refractivity contribution in [2.45, 2.75) is 45.1 Å². The van der Waals surface area contributed by atoms with Crippen molar-refractivity contribution in [3.63, 3.8) is 0 Å². The van der Waals surface area contributed by atoms with E-state index < -0.39 is 0 Å². The van der Waals surface area contributed by atoms with Crippen LogP contribution in [0.3, 0.4) is 0 Å². The third-order valence-electron chi connectivity index (χ3n) is 6.52. The maximum absolute atomic E-state index is 6.25. The number of nitrogens with one attached hydrogen (secondary N) is 2. The third-order valence-corrected chi connectivity index (χ3v) is 6.76. The van der Waals surface area contributed by atoms with Crippen molar-refractivity contribution in [3.05, 3.63) is 69.9 Å². The Kier molecular flexibility index (Phi) is 6.55. The zero-order chi connectivity index (χ0) is 21.1. The first-order valence-electron chi connectivity index (χ1n) is 11.1. The van der Waals surface area contributed by atoms with E-state index in [0.717, 1.165) is 41.6 Å². The summed E-state index contributed by atoms with van der Waals surface area (Å²) in [5.41, 5.74) is 13.2. The largest absolute Gasteiger partial charge is 0.401 e. The molecule has 4 rings (SSSR count). The fraction of sp³-hybridized carbons (Fsp3) is 0.440. The lowest BCUT2D eigenvalue weighted by atomic mass is 9.85. The Hall–Kier alpha value is -2.17. The van der Waals surface area contributed by atoms with Crippen LogP contribution < -0.4 is 16.4 Å². The predicted molar refractivity (Wildman–Crippen MR) is 128 cm³/mol. The summed E-state index contributed by atoms with van der Waals surface area (Å²) in [7, 11) is 0. The predicted octanol–water partition coefficient (Wildman–Crippen LogP) is 5.33. The fourth-order valence-corrected chi connectivity index (χ4v) is 5.00. The van der Waals surface area contributed by atoms with Gasteiger partial charge in [0.05, 0.1) is 11.7 Å². The van der Waals surface area contributed by atoms with Crippen molar-refractivity contribution in [2.75, 3.05) is 31.5 Å². The van der Waals surface area contributed by atoms with Gasteiger partial charge in [0.1, 0.15) is 0 Å². The van der Waals surface area contributed by atoms with Crippen LogP contribution in [-0.4, -0.2) is 31.1 Å². The van der Waals surface area contributed by atoms with E-state index in [9.17, 15) is 0 Å². The quantitative estimate of drug-likeness (QED) is 0.620. The number of likely N-dealkylation sites (tertiary alicyclic amines) is 1. The Bertz CT molecular complexity index is 911. The number of halogens is 1. The maximum Gasteiger partial charge on any atom is 0.0605 e. The van der Waals surface area contributed by atoms with E-state index in [1.807, 2.05) is 25.1 Å². The normalized spacial score (nSPS) is 22.0. The Balaban J connectivity index is 1.68. The number of piperidine rings is 1. The molecule has 2 heterocycles. The van der Waals surface area contributed by atoms with E-state index in [1.54, 1.807) is 0 Å². The second-order valence-corrected chi connectivity index (χ2v) is 8.97. The molecule has 0 radical (unpaired) electrons. The maximum atomic E-state index is 6.25. The number of fused-ring (bicyclic) bond motifs is 1. The van der Waals surface area contributed by atoms with Gasteiger partial charge in [-0.05, 0) is 81.1 Å². The van der Waals surface area contributed by atoms with E-state index in [4.69, 9.17) is 17.3 Å². The molecular weight excluding hydrogens is 392 g/mol. The van der Waals surface area contributed by atoms with Gasteiger partial charge in [-0.3, -0.25) is 0 Å². The molecule has 1 atom stereocenters. The summed E-state index contributed by atoms with van der Waals surface area (Å²) >= 11 is 6.23. The summed E-state index contributed by atoms with van der Waals surface area (Å²) in [6.07, 6.45) is 3.44. The fourth-order valence-electron chi connectivity index (χ4n) is 4.81. The summed E-state index contributed by atoms with van der Waals surface area (Å²) in [6.45, 7) is 8.64. The highest BCUT2D eigenvalue weighted by atomic mass is 35.5. The highest BCUT2D eigenvalue weighted by molar-refractivity contribution is 6.30. The van der Waals surface area contributed by atoms with Gasteiger partial charge in [0.25, 0.3) is 0 Å². The number of nitrogens with two attached hydrogens (primary N) is 1. The Labute approximate surface area is 185 Å². The molecule has 0 bridgehead atoms. The number of hydrogen-bond donors (Lipinski definition) is 3. The smallest absolute Gasteiger partial charge is 0.0605 e. The lowest BCUT2D eigenvalue weighted by Crippen LogP contribution is -2.32. The Morgan fingerprint density at radius 1 is 1.17 bits per heavy atom. The second-order valence-electron chi connectivity index (χ2n) is 8.54. The SMILES string of the molecule is CCN1CCC(c2ccc3c(c2)C(Nc2cccc(Cl)c2)CCN/C3=C(/C)N)CC1. The van der Waals surface area contributed by atoms with Crippen LogP contribution in [0.2, 0.25) is 5.02 Å². The van der Waals surface area contributed by atoms with Crippen LogP contribution in [0, 0.1) is 0 Å². The van der Waals surface area contributed by atoms with E-state index in [1.165, 1.54) is 42.6 Å². The summed E-state index contributed by atoms with van der Waals surface area (Å²) < 4.78 is 0. The lowest BCUT2D eigenvalue weighted by Gasteiger charge is -2.32. The first-order chi connectivity index (χ1) is 14.5. The van der Waals surface area contributed by atoms with Gasteiger partial charge in [-0.1, -0.05) is 42.8 Å². The third kappa shape index (κ3) is 4.60. The van der Waals surface area contributed by atoms with E-state index in [2.05, 4.69) is 46.7 Å². The molecule has 1 unspecified atom stereocenters. The van der Waals surface area contributed by atoms with Gasteiger partial charge >= 0.3 is 0 Å². The molecule has 2 aromatic carbocycles. The molecule has 4 nitrogen and oxygen atoms in total. The molecular formula is C25H33ClN4. The molecule has 2 aromatic rings. The Morgan fingerprint density at radius 3 is 2.67 bits per heavy atom. The van der Waals surface area contributed by atoms with Gasteiger partial charge in [0.15, 0.2) is 0 Å². The average molecular weight is 425 g/mol. The summed E-state index contributed by atoms with van der Waals surface area (Å²) in [4.78, 5) is 2.55. The highest BCUT2D eigenvalue weighted by Gasteiger charge is 2.25. The molecule has 0 spiro atoms. The molecule has 0 aromatic heterocycles. The van der Waals surface area contributed by atoms with Crippen molar-refractivity contribution < 1.29 is 0 Å². The van der Waals surface area contributed by atoms with Gasteiger partial charge in [-0.15, -0.1) is 0 Å². The van der Waals surface area contributed by atoms with Crippen molar-refractivity contribution in [1.29, 1.82) is 0 Å². The highest BCUT2D eigenvalue weighted by Crippen LogP contribution is 2.36. The molecule has 2 aliphatic rings. The van der Waals surface area contributed by atoms with E-state index in [0.29, 0.717) is 5.92 Å². The number of nitrogens with zero attached hydrogens (tertiary/aromatic N) is 1. The van der Waals surface area contributed by atoms with Crippen LogP contribution in [0.15, 0.2) is 48.2 Å². The van der Waals surface area contributed by atoms with Crippen LogP contribution in [-0.2, 0) is 0 Å². The number of anilines is 1. The minimum Gasteiger partial charge on any atom is -0.401 e. The molecule has 0 aliphatic carbocycles. The van der Waals surface area contributed by atoms with E-state index >= 15 is 0 Å². The summed E-state index contributed by atoms with van der Waals surface area (Å²) in [5, 5.41) is 8.04. The monoisotopic (exact) mass is 424 g/mol. The van der Waals surface area contributed by atoms with Crippen molar-refractivity contribution in [3.8, 4) is 0 Å². The van der Waals surface area contributed by atoms with Gasteiger partial charge in [-0.25, -0.2) is 0 Å². The molecule has 0 saturated carbocycles. The van der Waals surface area contributed by atoms with Crippen molar-refractivity contribution in [2.24, 2.45) is 5.73 Å². The summed E-state index contributed by atoms with van der Waals surface area (Å²) in [5.74, 6) is 0.632. The number of benzene rings is 2. The number of rotatable bonds is 4. The van der Waals surface area contributed by atoms with E-state index in [-0.39, 0.29) is 6.04 Å². The number of allylic oxidation sites excluding steroid dienone is 1. The molecule has 30 heavy (non-hydrogen) atoms. The minimum atomic E-state index is 0.207. The zero-order valence-corrected chi connectivity index (χ0v) is 18.8. The first-order valence-corrected chi connectivity index (χ1v) is 11.5. The number of hydrogen-bond acceptors (Lipinski definition) is 4. The topological polar surface area (TPSA) is 53.3 Å². The van der Waals surface area contributed by atoms with Gasteiger partial charge in [0.2, 0.25) is 0 Å². The molecule has 160 valence electrons. The average Bonchev–Trinajstić information content (AvgIpc) is 2.93. The van der Waals surface area contributed by atoms with Crippen LogP contribution >= 0.6 is 11.6 Å². The van der Waals surface area contributed by atoms with Crippen LogP contribution in [0.1, 0.15) is 61.8 Å². The van der Waals surface area contributed by atoms with Crippen molar-refractivity contribution >= 4 is 23.0 Å². The lowest BCUT2D eigenvalue weighted by molar-refractivity contribution is 0.222.